The van der Waals surface area contributed by atoms with Crippen LogP contribution in [0.15, 0.2) is 21.6 Å². The summed E-state index contributed by atoms with van der Waals surface area (Å²) in [5.41, 5.74) is -0.0598. The molecule has 7 heteroatoms. The lowest BCUT2D eigenvalue weighted by Crippen LogP contribution is -2.38. The van der Waals surface area contributed by atoms with Crippen LogP contribution >= 0.6 is 0 Å². The van der Waals surface area contributed by atoms with E-state index in [0.29, 0.717) is 19.6 Å². The van der Waals surface area contributed by atoms with E-state index >= 15 is 0 Å². The largest absolute Gasteiger partial charge is 0.462 e. The molecule has 0 N–H and O–H groups in total. The zero-order chi connectivity index (χ0) is 12.8. The molecule has 2 aliphatic heterocycles. The first kappa shape index (κ1) is 11.6. The van der Waals surface area contributed by atoms with Crippen LogP contribution in [0.2, 0.25) is 0 Å². The van der Waals surface area contributed by atoms with Crippen LogP contribution in [0, 0.1) is 6.92 Å². The van der Waals surface area contributed by atoms with E-state index in [2.05, 4.69) is 9.38 Å². The van der Waals surface area contributed by atoms with Crippen molar-refractivity contribution in [3.05, 3.63) is 17.8 Å². The molecule has 96 valence electrons. The molecule has 0 saturated carbocycles. The summed E-state index contributed by atoms with van der Waals surface area (Å²) in [6.45, 7) is 2.58. The maximum absolute atomic E-state index is 12.0. The van der Waals surface area contributed by atoms with Gasteiger partial charge >= 0.3 is 0 Å². The summed E-state index contributed by atoms with van der Waals surface area (Å²) < 4.78 is 38.7. The molecule has 1 aromatic heterocycles. The number of hydrogen-bond acceptors (Lipinski definition) is 5. The fourth-order valence-electron chi connectivity index (χ4n) is 1.98. The van der Waals surface area contributed by atoms with E-state index < -0.39 is 15.6 Å². The van der Waals surface area contributed by atoms with Crippen LogP contribution in [0.1, 0.15) is 12.0 Å². The molecule has 0 aliphatic carbocycles. The second-order valence-corrected chi connectivity index (χ2v) is 6.10. The van der Waals surface area contributed by atoms with Crippen molar-refractivity contribution in [3.63, 3.8) is 0 Å². The van der Waals surface area contributed by atoms with Gasteiger partial charge in [0.1, 0.15) is 0 Å². The van der Waals surface area contributed by atoms with Gasteiger partial charge in [-0.1, -0.05) is 0 Å². The number of hydrogen-bond donors (Lipinski definition) is 0. The SMILES string of the molecule is Cc1cnc2c(c1)S(=O)(=O)N=C[C@@]1(CCOC1)O2. The topological polar surface area (TPSA) is 77.9 Å². The van der Waals surface area contributed by atoms with Gasteiger partial charge in [0.25, 0.3) is 10.0 Å². The Morgan fingerprint density at radius 3 is 3.00 bits per heavy atom. The Hall–Kier alpha value is -1.47. The Bertz CT molecular complexity index is 618. The van der Waals surface area contributed by atoms with Gasteiger partial charge in [-0.05, 0) is 18.6 Å². The highest BCUT2D eigenvalue weighted by atomic mass is 32.2. The van der Waals surface area contributed by atoms with Crippen molar-refractivity contribution in [2.75, 3.05) is 13.2 Å². The van der Waals surface area contributed by atoms with Gasteiger partial charge in [0.2, 0.25) is 5.88 Å². The highest BCUT2D eigenvalue weighted by molar-refractivity contribution is 7.90. The predicted molar refractivity (Wildman–Crippen MR) is 63.4 cm³/mol. The summed E-state index contributed by atoms with van der Waals surface area (Å²) in [5, 5.41) is 0. The van der Waals surface area contributed by atoms with E-state index in [4.69, 9.17) is 9.47 Å². The fraction of sp³-hybridized carbons (Fsp3) is 0.455. The zero-order valence-corrected chi connectivity index (χ0v) is 10.6. The molecule has 0 amide bonds. The van der Waals surface area contributed by atoms with Crippen LogP contribution < -0.4 is 4.74 Å². The Morgan fingerprint density at radius 2 is 2.28 bits per heavy atom. The number of ether oxygens (including phenoxy) is 2. The predicted octanol–water partition coefficient (Wildman–Crippen LogP) is 0.701. The lowest BCUT2D eigenvalue weighted by atomic mass is 10.1. The van der Waals surface area contributed by atoms with Crippen molar-refractivity contribution in [2.45, 2.75) is 23.8 Å². The van der Waals surface area contributed by atoms with Gasteiger partial charge in [-0.2, -0.15) is 12.8 Å². The van der Waals surface area contributed by atoms with Gasteiger partial charge in [0.15, 0.2) is 10.5 Å². The van der Waals surface area contributed by atoms with Crippen molar-refractivity contribution in [1.82, 2.24) is 4.98 Å². The second kappa shape index (κ2) is 3.76. The van der Waals surface area contributed by atoms with Gasteiger partial charge in [-0.25, -0.2) is 4.98 Å². The standard InChI is InChI=1S/C11H12N2O4S/c1-8-4-9-10(12-5-8)17-11(2-3-16-7-11)6-13-18(9,14)15/h4-6H,2-3,7H2,1H3/t11-/m1/s1. The van der Waals surface area contributed by atoms with Crippen LogP contribution in [0.25, 0.3) is 0 Å². The third-order valence-corrected chi connectivity index (χ3v) is 4.21. The van der Waals surface area contributed by atoms with Crippen LogP contribution in [0.4, 0.5) is 0 Å². The molecule has 3 rings (SSSR count). The monoisotopic (exact) mass is 268 g/mol. The summed E-state index contributed by atoms with van der Waals surface area (Å²) in [4.78, 5) is 4.07. The first-order chi connectivity index (χ1) is 8.51. The molecular formula is C11H12N2O4S. The Morgan fingerprint density at radius 1 is 1.44 bits per heavy atom. The molecule has 1 fully saturated rings. The number of aryl methyl sites for hydroxylation is 1. The minimum atomic E-state index is -3.74. The van der Waals surface area contributed by atoms with Gasteiger partial charge in [-0.15, -0.1) is 0 Å². The van der Waals surface area contributed by atoms with Gasteiger partial charge < -0.3 is 9.47 Å². The van der Waals surface area contributed by atoms with Gasteiger partial charge in [0.05, 0.1) is 19.4 Å². The summed E-state index contributed by atoms with van der Waals surface area (Å²) in [5.74, 6) is 0.101. The highest BCUT2D eigenvalue weighted by Crippen LogP contribution is 2.33. The maximum Gasteiger partial charge on any atom is 0.287 e. The quantitative estimate of drug-likeness (QED) is 0.692. The minimum absolute atomic E-state index is 0.0162. The molecule has 0 unspecified atom stereocenters. The molecular weight excluding hydrogens is 256 g/mol. The molecule has 1 saturated heterocycles. The van der Waals surface area contributed by atoms with E-state index in [1.165, 1.54) is 12.3 Å². The molecule has 1 aromatic rings. The van der Waals surface area contributed by atoms with Crippen molar-refractivity contribution in [3.8, 4) is 5.88 Å². The van der Waals surface area contributed by atoms with Crippen molar-refractivity contribution >= 4 is 16.2 Å². The highest BCUT2D eigenvalue weighted by Gasteiger charge is 2.40. The van der Waals surface area contributed by atoms with Gasteiger partial charge in [-0.3, -0.25) is 0 Å². The van der Waals surface area contributed by atoms with E-state index in [1.807, 2.05) is 0 Å². The number of pyridine rings is 1. The number of nitrogens with zero attached hydrogens (tertiary/aromatic N) is 2. The molecule has 1 spiro atoms. The fourth-order valence-corrected chi connectivity index (χ4v) is 3.07. The first-order valence-electron chi connectivity index (χ1n) is 5.56. The third kappa shape index (κ3) is 1.79. The smallest absolute Gasteiger partial charge is 0.287 e. The average Bonchev–Trinajstić information content (AvgIpc) is 2.74. The molecule has 3 heterocycles. The van der Waals surface area contributed by atoms with Crippen LogP contribution in [0.5, 0.6) is 5.88 Å². The third-order valence-electron chi connectivity index (χ3n) is 2.98. The summed E-state index contributed by atoms with van der Waals surface area (Å²) >= 11 is 0. The van der Waals surface area contributed by atoms with E-state index in [1.54, 1.807) is 13.1 Å². The lowest BCUT2D eigenvalue weighted by molar-refractivity contribution is 0.102. The van der Waals surface area contributed by atoms with Crippen molar-refractivity contribution in [1.29, 1.82) is 0 Å². The van der Waals surface area contributed by atoms with Crippen LogP contribution in [-0.4, -0.2) is 38.4 Å². The number of sulfonamides is 1. The summed E-state index contributed by atoms with van der Waals surface area (Å²) in [6, 6.07) is 1.52. The maximum atomic E-state index is 12.0. The van der Waals surface area contributed by atoms with Crippen molar-refractivity contribution < 1.29 is 17.9 Å². The van der Waals surface area contributed by atoms with E-state index in [9.17, 15) is 8.42 Å². The lowest BCUT2D eigenvalue weighted by Gasteiger charge is -2.22. The Labute approximate surface area is 105 Å². The number of aromatic nitrogens is 1. The van der Waals surface area contributed by atoms with E-state index in [-0.39, 0.29) is 10.8 Å². The molecule has 2 aliphatic rings. The summed E-state index contributed by atoms with van der Waals surface area (Å²) in [7, 11) is -3.74. The molecule has 18 heavy (non-hydrogen) atoms. The molecule has 6 nitrogen and oxygen atoms in total. The summed E-state index contributed by atoms with van der Waals surface area (Å²) in [6.07, 6.45) is 3.47. The van der Waals surface area contributed by atoms with Crippen molar-refractivity contribution in [2.24, 2.45) is 4.40 Å². The first-order valence-corrected chi connectivity index (χ1v) is 7.00. The van der Waals surface area contributed by atoms with Gasteiger partial charge in [0, 0.05) is 12.6 Å². The number of rotatable bonds is 0. The average molecular weight is 268 g/mol. The number of fused-ring (bicyclic) bond motifs is 1. The zero-order valence-electron chi connectivity index (χ0n) is 9.79. The molecule has 0 aromatic carbocycles. The van der Waals surface area contributed by atoms with Crippen LogP contribution in [-0.2, 0) is 14.8 Å². The molecule has 1 atom stereocenters. The van der Waals surface area contributed by atoms with E-state index in [0.717, 1.165) is 5.56 Å². The minimum Gasteiger partial charge on any atom is -0.462 e. The Balaban J connectivity index is 2.18. The Kier molecular flexibility index (Phi) is 2.43. The van der Waals surface area contributed by atoms with Crippen LogP contribution in [0.3, 0.4) is 0 Å². The second-order valence-electron chi connectivity index (χ2n) is 4.49. The molecule has 0 bridgehead atoms. The normalized spacial score (nSPS) is 28.7. The molecule has 0 radical (unpaired) electrons.